The Labute approximate surface area is 125 Å². The summed E-state index contributed by atoms with van der Waals surface area (Å²) in [5.74, 6) is -2.15. The van der Waals surface area contributed by atoms with Gasteiger partial charge >= 0.3 is 5.97 Å². The number of nitrogens with one attached hydrogen (secondary N) is 1. The van der Waals surface area contributed by atoms with Gasteiger partial charge in [0.1, 0.15) is 15.9 Å². The van der Waals surface area contributed by atoms with Crippen LogP contribution >= 0.6 is 15.9 Å². The molecule has 0 saturated carbocycles. The molecule has 110 valence electrons. The van der Waals surface area contributed by atoms with Crippen LogP contribution in [-0.2, 0) is 14.6 Å². The average molecular weight is 364 g/mol. The van der Waals surface area contributed by atoms with Crippen molar-refractivity contribution in [3.8, 4) is 0 Å². The van der Waals surface area contributed by atoms with Crippen molar-refractivity contribution in [2.45, 2.75) is 12.5 Å². The Morgan fingerprint density at radius 3 is 2.45 bits per heavy atom. The molecule has 6 nitrogen and oxygen atoms in total. The van der Waals surface area contributed by atoms with E-state index >= 15 is 0 Å². The van der Waals surface area contributed by atoms with Gasteiger partial charge in [0.2, 0.25) is 0 Å². The zero-order valence-electron chi connectivity index (χ0n) is 10.7. The number of sulfone groups is 1. The highest BCUT2D eigenvalue weighted by Crippen LogP contribution is 2.15. The second-order valence-corrected chi connectivity index (χ2v) is 7.38. The Kier molecular flexibility index (Phi) is 5.70. The molecule has 0 unspecified atom stereocenters. The second kappa shape index (κ2) is 6.85. The van der Waals surface area contributed by atoms with E-state index in [9.17, 15) is 18.0 Å². The first kappa shape index (κ1) is 16.6. The van der Waals surface area contributed by atoms with E-state index in [-0.39, 0.29) is 17.7 Å². The monoisotopic (exact) mass is 363 g/mol. The van der Waals surface area contributed by atoms with Crippen LogP contribution in [0.4, 0.5) is 0 Å². The highest BCUT2D eigenvalue weighted by molar-refractivity contribution is 9.10. The van der Waals surface area contributed by atoms with Crippen LogP contribution in [-0.4, -0.2) is 43.5 Å². The lowest BCUT2D eigenvalue weighted by Crippen LogP contribution is -2.42. The molecule has 0 aliphatic rings. The third-order valence-corrected chi connectivity index (χ3v) is 4.17. The third kappa shape index (κ3) is 5.30. The van der Waals surface area contributed by atoms with E-state index in [1.165, 1.54) is 6.07 Å². The maximum atomic E-state index is 12.0. The molecule has 1 amide bonds. The summed E-state index contributed by atoms with van der Waals surface area (Å²) in [5.41, 5.74) is 0.290. The molecule has 20 heavy (non-hydrogen) atoms. The molecular weight excluding hydrogens is 350 g/mol. The fraction of sp³-hybridized carbons (Fsp3) is 0.333. The number of carboxylic acid groups (broad SMARTS) is 1. The van der Waals surface area contributed by atoms with Gasteiger partial charge in [-0.15, -0.1) is 0 Å². The van der Waals surface area contributed by atoms with E-state index in [4.69, 9.17) is 5.11 Å². The number of carbonyl (C=O) groups is 2. The first-order chi connectivity index (χ1) is 9.20. The van der Waals surface area contributed by atoms with Gasteiger partial charge in [-0.05, 0) is 34.5 Å². The third-order valence-electron chi connectivity index (χ3n) is 2.50. The number of hydrogen-bond acceptors (Lipinski definition) is 4. The molecule has 0 heterocycles. The molecule has 8 heteroatoms. The zero-order valence-corrected chi connectivity index (χ0v) is 13.1. The van der Waals surface area contributed by atoms with Gasteiger partial charge in [0.05, 0.1) is 11.3 Å². The minimum atomic E-state index is -3.29. The van der Waals surface area contributed by atoms with Crippen molar-refractivity contribution in [1.29, 1.82) is 0 Å². The molecule has 0 fully saturated rings. The van der Waals surface area contributed by atoms with Crippen LogP contribution in [0.3, 0.4) is 0 Å². The first-order valence-electron chi connectivity index (χ1n) is 5.66. The molecule has 1 atom stereocenters. The smallest absolute Gasteiger partial charge is 0.326 e. The van der Waals surface area contributed by atoms with Gasteiger partial charge in [-0.3, -0.25) is 4.79 Å². The molecule has 1 rings (SSSR count). The second-order valence-electron chi connectivity index (χ2n) is 4.26. The fourth-order valence-electron chi connectivity index (χ4n) is 1.47. The topological polar surface area (TPSA) is 101 Å². The molecule has 0 aliphatic heterocycles. The van der Waals surface area contributed by atoms with Crippen molar-refractivity contribution in [2.24, 2.45) is 0 Å². The van der Waals surface area contributed by atoms with Crippen molar-refractivity contribution < 1.29 is 23.1 Å². The number of carbonyl (C=O) groups excluding carboxylic acids is 1. The molecule has 0 radical (unpaired) electrons. The standard InChI is InChI=1S/C12H14BrNO5S/c1-20(18,19)7-6-10(12(16)17)14-11(15)8-4-2-3-5-9(8)13/h2-5,10H,6-7H2,1H3,(H,14,15)(H,16,17)/t10-/m1/s1. The summed E-state index contributed by atoms with van der Waals surface area (Å²) in [6.07, 6.45) is 0.839. The summed E-state index contributed by atoms with van der Waals surface area (Å²) in [6, 6.07) is 5.31. The molecule has 0 aromatic heterocycles. The molecule has 2 N–H and O–H groups in total. The van der Waals surface area contributed by atoms with Gasteiger partial charge in [-0.2, -0.15) is 0 Å². The van der Waals surface area contributed by atoms with Crippen LogP contribution in [0.5, 0.6) is 0 Å². The number of benzene rings is 1. The van der Waals surface area contributed by atoms with Crippen molar-refractivity contribution in [2.75, 3.05) is 12.0 Å². The van der Waals surface area contributed by atoms with E-state index in [0.717, 1.165) is 6.26 Å². The number of rotatable bonds is 6. The van der Waals surface area contributed by atoms with E-state index in [2.05, 4.69) is 21.2 Å². The van der Waals surface area contributed by atoms with Crippen molar-refractivity contribution >= 4 is 37.6 Å². The van der Waals surface area contributed by atoms with Gasteiger partial charge in [-0.25, -0.2) is 13.2 Å². The van der Waals surface area contributed by atoms with Crippen LogP contribution in [0.15, 0.2) is 28.7 Å². The van der Waals surface area contributed by atoms with E-state index in [1.807, 2.05) is 0 Å². The molecule has 1 aromatic carbocycles. The van der Waals surface area contributed by atoms with Gasteiger partial charge < -0.3 is 10.4 Å². The Morgan fingerprint density at radius 2 is 1.95 bits per heavy atom. The maximum Gasteiger partial charge on any atom is 0.326 e. The van der Waals surface area contributed by atoms with Gasteiger partial charge in [-0.1, -0.05) is 12.1 Å². The minimum absolute atomic E-state index is 0.176. The summed E-state index contributed by atoms with van der Waals surface area (Å²) in [5, 5.41) is 11.3. The predicted octanol–water partition coefficient (Wildman–Crippen LogP) is 1.07. The number of aliphatic carboxylic acids is 1. The Balaban J connectivity index is 2.79. The number of carboxylic acids is 1. The zero-order chi connectivity index (χ0) is 15.3. The first-order valence-corrected chi connectivity index (χ1v) is 8.52. The number of hydrogen-bond donors (Lipinski definition) is 2. The molecule has 0 spiro atoms. The molecule has 0 saturated heterocycles. The predicted molar refractivity (Wildman–Crippen MR) is 77.4 cm³/mol. The summed E-state index contributed by atoms with van der Waals surface area (Å²) in [6.45, 7) is 0. The van der Waals surface area contributed by atoms with Crippen LogP contribution in [0, 0.1) is 0 Å². The summed E-state index contributed by atoms with van der Waals surface area (Å²) < 4.78 is 22.6. The van der Waals surface area contributed by atoms with Gasteiger partial charge in [0.25, 0.3) is 5.91 Å². The van der Waals surface area contributed by atoms with Crippen LogP contribution in [0.25, 0.3) is 0 Å². The summed E-state index contributed by atoms with van der Waals surface area (Å²) >= 11 is 3.19. The van der Waals surface area contributed by atoms with Crippen molar-refractivity contribution in [1.82, 2.24) is 5.32 Å². The normalized spacial score (nSPS) is 12.7. The molecule has 0 aliphatic carbocycles. The van der Waals surface area contributed by atoms with Crippen LogP contribution in [0.2, 0.25) is 0 Å². The van der Waals surface area contributed by atoms with Crippen molar-refractivity contribution in [3.63, 3.8) is 0 Å². The lowest BCUT2D eigenvalue weighted by atomic mass is 10.1. The van der Waals surface area contributed by atoms with E-state index in [0.29, 0.717) is 4.47 Å². The van der Waals surface area contributed by atoms with Crippen LogP contribution in [0.1, 0.15) is 16.8 Å². The van der Waals surface area contributed by atoms with Crippen LogP contribution < -0.4 is 5.32 Å². The Bertz CT molecular complexity index is 614. The highest BCUT2D eigenvalue weighted by atomic mass is 79.9. The summed E-state index contributed by atoms with van der Waals surface area (Å²) in [7, 11) is -3.29. The molecule has 0 bridgehead atoms. The van der Waals surface area contributed by atoms with E-state index < -0.39 is 27.8 Å². The molecule has 1 aromatic rings. The average Bonchev–Trinajstić information content (AvgIpc) is 2.33. The highest BCUT2D eigenvalue weighted by Gasteiger charge is 2.22. The largest absolute Gasteiger partial charge is 0.480 e. The maximum absolute atomic E-state index is 12.0. The molecular formula is C12H14BrNO5S. The number of halogens is 1. The minimum Gasteiger partial charge on any atom is -0.480 e. The fourth-order valence-corrected chi connectivity index (χ4v) is 2.60. The lowest BCUT2D eigenvalue weighted by molar-refractivity contribution is -0.139. The quantitative estimate of drug-likeness (QED) is 0.786. The van der Waals surface area contributed by atoms with Crippen molar-refractivity contribution in [3.05, 3.63) is 34.3 Å². The summed E-state index contributed by atoms with van der Waals surface area (Å²) in [4.78, 5) is 23.0. The SMILES string of the molecule is CS(=O)(=O)CC[C@@H](NC(=O)c1ccccc1Br)C(=O)O. The lowest BCUT2D eigenvalue weighted by Gasteiger charge is -2.14. The van der Waals surface area contributed by atoms with Gasteiger partial charge in [0, 0.05) is 10.7 Å². The Hall–Kier alpha value is -1.41. The van der Waals surface area contributed by atoms with Gasteiger partial charge in [0.15, 0.2) is 0 Å². The Morgan fingerprint density at radius 1 is 1.35 bits per heavy atom. The number of amides is 1. The van der Waals surface area contributed by atoms with E-state index in [1.54, 1.807) is 18.2 Å².